The van der Waals surface area contributed by atoms with E-state index in [1.807, 2.05) is 0 Å². The highest BCUT2D eigenvalue weighted by molar-refractivity contribution is 6.58. The van der Waals surface area contributed by atoms with Crippen LogP contribution in [0.3, 0.4) is 0 Å². The van der Waals surface area contributed by atoms with Crippen molar-refractivity contribution in [3.63, 3.8) is 0 Å². The summed E-state index contributed by atoms with van der Waals surface area (Å²) in [5.74, 6) is -0.306. The fourth-order valence-corrected chi connectivity index (χ4v) is 1.24. The molecule has 1 aliphatic heterocycles. The van der Waals surface area contributed by atoms with Crippen molar-refractivity contribution in [1.29, 1.82) is 0 Å². The van der Waals surface area contributed by atoms with Gasteiger partial charge in [-0.15, -0.1) is 0 Å². The highest BCUT2D eigenvalue weighted by atomic mass is 16.4. The summed E-state index contributed by atoms with van der Waals surface area (Å²) in [6.45, 7) is 0. The van der Waals surface area contributed by atoms with Gasteiger partial charge in [-0.3, -0.25) is 4.79 Å². The third kappa shape index (κ3) is 1.39. The quantitative estimate of drug-likeness (QED) is 0.456. The van der Waals surface area contributed by atoms with Crippen LogP contribution in [0.4, 0.5) is 0 Å². The molecule has 2 N–H and O–H groups in total. The maximum absolute atomic E-state index is 10.8. The molecule has 1 aromatic rings. The van der Waals surface area contributed by atoms with Crippen molar-refractivity contribution < 1.29 is 14.8 Å². The highest BCUT2D eigenvalue weighted by Gasteiger charge is 2.12. The molecule has 0 atom stereocenters. The summed E-state index contributed by atoms with van der Waals surface area (Å²) >= 11 is 0. The van der Waals surface area contributed by atoms with Gasteiger partial charge in [-0.05, 0) is 11.5 Å². The van der Waals surface area contributed by atoms with Gasteiger partial charge in [-0.1, -0.05) is 12.1 Å². The van der Waals surface area contributed by atoms with Crippen LogP contribution in [-0.2, 0) is 4.79 Å². The normalized spacial score (nSPS) is 13.2. The molecule has 0 aliphatic carbocycles. The van der Waals surface area contributed by atoms with Gasteiger partial charge in [0, 0.05) is 11.3 Å². The summed E-state index contributed by atoms with van der Waals surface area (Å²) in [4.78, 5) is 14.5. The molecule has 0 radical (unpaired) electrons. The molecular weight excluding hydrogens is 169 g/mol. The molecule has 0 spiro atoms. The summed E-state index contributed by atoms with van der Waals surface area (Å²) in [7, 11) is -1.51. The third-order valence-corrected chi connectivity index (χ3v) is 1.86. The second-order valence-corrected chi connectivity index (χ2v) is 2.79. The SMILES string of the molecule is O=C1C=c2cc(B(O)O)ccc2=N1. The van der Waals surface area contributed by atoms with E-state index in [-0.39, 0.29) is 5.91 Å². The molecule has 2 rings (SSSR count). The van der Waals surface area contributed by atoms with E-state index in [9.17, 15) is 4.79 Å². The summed E-state index contributed by atoms with van der Waals surface area (Å²) < 4.78 is 0. The molecule has 1 aliphatic rings. The number of carbonyl (C=O) groups is 1. The first kappa shape index (κ1) is 8.16. The molecule has 5 heteroatoms. The molecule has 0 unspecified atom stereocenters. The van der Waals surface area contributed by atoms with Gasteiger partial charge in [0.15, 0.2) is 0 Å². The Bertz CT molecular complexity index is 481. The van der Waals surface area contributed by atoms with Crippen LogP contribution in [0.2, 0.25) is 0 Å². The first-order valence-electron chi connectivity index (χ1n) is 3.77. The number of hydrogen-bond donors (Lipinski definition) is 2. The van der Waals surface area contributed by atoms with Gasteiger partial charge in [0.2, 0.25) is 0 Å². The number of amides is 1. The van der Waals surface area contributed by atoms with Gasteiger partial charge in [-0.25, -0.2) is 4.99 Å². The van der Waals surface area contributed by atoms with E-state index in [1.165, 1.54) is 18.2 Å². The Morgan fingerprint density at radius 2 is 2.08 bits per heavy atom. The third-order valence-electron chi connectivity index (χ3n) is 1.86. The standard InChI is InChI=1S/C8H6BNO3/c11-8-4-5-3-6(9(12)13)1-2-7(5)10-8/h1-4,12-13H. The number of fused-ring (bicyclic) bond motifs is 1. The lowest BCUT2D eigenvalue weighted by molar-refractivity contribution is -0.112. The van der Waals surface area contributed by atoms with Gasteiger partial charge in [-0.2, -0.15) is 0 Å². The summed E-state index contributed by atoms with van der Waals surface area (Å²) in [6, 6.07) is 4.65. The fraction of sp³-hybridized carbons (Fsp3) is 0. The molecule has 1 heterocycles. The highest BCUT2D eigenvalue weighted by Crippen LogP contribution is 1.82. The van der Waals surface area contributed by atoms with E-state index in [4.69, 9.17) is 10.0 Å². The van der Waals surface area contributed by atoms with Crippen LogP contribution in [0, 0.1) is 0 Å². The van der Waals surface area contributed by atoms with Gasteiger partial charge in [0.05, 0.1) is 5.36 Å². The van der Waals surface area contributed by atoms with Crippen molar-refractivity contribution in [1.82, 2.24) is 0 Å². The Kier molecular flexibility index (Phi) is 1.75. The predicted molar refractivity (Wildman–Crippen MR) is 46.5 cm³/mol. The largest absolute Gasteiger partial charge is 0.488 e. The van der Waals surface area contributed by atoms with Crippen molar-refractivity contribution in [3.05, 3.63) is 28.8 Å². The zero-order valence-electron chi connectivity index (χ0n) is 6.64. The second-order valence-electron chi connectivity index (χ2n) is 2.79. The molecule has 0 saturated heterocycles. The molecule has 64 valence electrons. The molecule has 0 bridgehead atoms. The zero-order chi connectivity index (χ0) is 9.42. The molecule has 4 nitrogen and oxygen atoms in total. The molecule has 0 saturated carbocycles. The van der Waals surface area contributed by atoms with Crippen molar-refractivity contribution >= 4 is 24.6 Å². The van der Waals surface area contributed by atoms with E-state index in [1.54, 1.807) is 6.07 Å². The Balaban J connectivity index is 2.66. The molecule has 0 fully saturated rings. The summed E-state index contributed by atoms with van der Waals surface area (Å²) in [5, 5.41) is 18.9. The minimum absolute atomic E-state index is 0.306. The molecule has 13 heavy (non-hydrogen) atoms. The molecule has 1 amide bonds. The van der Waals surface area contributed by atoms with E-state index in [2.05, 4.69) is 4.99 Å². The molecule has 1 aromatic carbocycles. The lowest BCUT2D eigenvalue weighted by atomic mass is 9.80. The number of rotatable bonds is 1. The number of nitrogens with zero attached hydrogens (tertiary/aromatic N) is 1. The van der Waals surface area contributed by atoms with Gasteiger partial charge >= 0.3 is 7.12 Å². The van der Waals surface area contributed by atoms with E-state index >= 15 is 0 Å². The minimum Gasteiger partial charge on any atom is -0.423 e. The first-order chi connectivity index (χ1) is 6.16. The molecular formula is C8H6BNO3. The smallest absolute Gasteiger partial charge is 0.423 e. The van der Waals surface area contributed by atoms with Gasteiger partial charge in [0.1, 0.15) is 0 Å². The van der Waals surface area contributed by atoms with Crippen molar-refractivity contribution in [2.45, 2.75) is 0 Å². The zero-order valence-corrected chi connectivity index (χ0v) is 6.64. The van der Waals surface area contributed by atoms with Gasteiger partial charge in [0.25, 0.3) is 5.91 Å². The van der Waals surface area contributed by atoms with E-state index < -0.39 is 7.12 Å². The van der Waals surface area contributed by atoms with Gasteiger partial charge < -0.3 is 10.0 Å². The lowest BCUT2D eigenvalue weighted by Gasteiger charge is -1.95. The monoisotopic (exact) mass is 175 g/mol. The lowest BCUT2D eigenvalue weighted by Crippen LogP contribution is -2.36. The average Bonchev–Trinajstić information content (AvgIpc) is 2.42. The van der Waals surface area contributed by atoms with E-state index in [0.29, 0.717) is 16.0 Å². The fourth-order valence-electron chi connectivity index (χ4n) is 1.24. The molecule has 0 aromatic heterocycles. The second kappa shape index (κ2) is 2.79. The van der Waals surface area contributed by atoms with Crippen LogP contribution in [0.15, 0.2) is 23.2 Å². The average molecular weight is 175 g/mol. The maximum Gasteiger partial charge on any atom is 0.488 e. The van der Waals surface area contributed by atoms with Crippen LogP contribution in [0.25, 0.3) is 6.08 Å². The maximum atomic E-state index is 10.8. The minimum atomic E-state index is -1.51. The number of hydrogen-bond acceptors (Lipinski definition) is 3. The Hall–Kier alpha value is -1.46. The summed E-state index contributed by atoms with van der Waals surface area (Å²) in [6.07, 6.45) is 1.36. The van der Waals surface area contributed by atoms with Crippen molar-refractivity contribution in [3.8, 4) is 0 Å². The Labute approximate surface area is 74.0 Å². The van der Waals surface area contributed by atoms with E-state index in [0.717, 1.165) is 0 Å². The summed E-state index contributed by atoms with van der Waals surface area (Å²) in [5.41, 5.74) is 0.361. The number of carbonyl (C=O) groups excluding carboxylic acids is 1. The van der Waals surface area contributed by atoms with Crippen LogP contribution >= 0.6 is 0 Å². The first-order valence-corrected chi connectivity index (χ1v) is 3.77. The van der Waals surface area contributed by atoms with Crippen molar-refractivity contribution in [2.24, 2.45) is 4.99 Å². The van der Waals surface area contributed by atoms with Crippen LogP contribution in [0.5, 0.6) is 0 Å². The van der Waals surface area contributed by atoms with Crippen LogP contribution in [0.1, 0.15) is 0 Å². The predicted octanol–water partition coefficient (Wildman–Crippen LogP) is -2.69. The Morgan fingerprint density at radius 1 is 1.31 bits per heavy atom. The topological polar surface area (TPSA) is 69.9 Å². The Morgan fingerprint density at radius 3 is 2.77 bits per heavy atom. The van der Waals surface area contributed by atoms with Crippen LogP contribution in [-0.4, -0.2) is 23.1 Å². The number of benzene rings is 1. The van der Waals surface area contributed by atoms with Crippen molar-refractivity contribution in [2.75, 3.05) is 0 Å². The van der Waals surface area contributed by atoms with Crippen LogP contribution < -0.4 is 16.0 Å².